The zero-order valence-corrected chi connectivity index (χ0v) is 7.60. The van der Waals surface area contributed by atoms with Crippen molar-refractivity contribution in [1.29, 1.82) is 0 Å². The van der Waals surface area contributed by atoms with Gasteiger partial charge >= 0.3 is 0 Å². The second kappa shape index (κ2) is 16.2. The third-order valence-electron chi connectivity index (χ3n) is 0.938. The number of aliphatic imine (C=N–C) groups is 1. The van der Waals surface area contributed by atoms with Crippen molar-refractivity contribution in [3.63, 3.8) is 0 Å². The lowest BCUT2D eigenvalue weighted by Crippen LogP contribution is -1.77. The van der Waals surface area contributed by atoms with E-state index in [1.807, 2.05) is 0 Å². The number of carbonyl (C=O) groups excluding carboxylic acids is 1. The Morgan fingerprint density at radius 3 is 2.55 bits per heavy atom. The Kier molecular flexibility index (Phi) is 19.2. The van der Waals surface area contributed by atoms with Gasteiger partial charge in [-0.3, -0.25) is 0 Å². The van der Waals surface area contributed by atoms with E-state index in [-0.39, 0.29) is 0 Å². The molecule has 64 valence electrons. The van der Waals surface area contributed by atoms with E-state index in [4.69, 9.17) is 11.6 Å². The summed E-state index contributed by atoms with van der Waals surface area (Å²) in [4.78, 5) is 12.9. The maximum atomic E-state index is 9.48. The van der Waals surface area contributed by atoms with Crippen molar-refractivity contribution in [3.05, 3.63) is 12.1 Å². The molecule has 0 aromatic carbocycles. The molecule has 0 aromatic rings. The summed E-state index contributed by atoms with van der Waals surface area (Å²) in [6.07, 6.45) is 4.85. The highest BCUT2D eigenvalue weighted by Crippen LogP contribution is 1.91. The van der Waals surface area contributed by atoms with Gasteiger partial charge in [-0.1, -0.05) is 37.9 Å². The molecule has 0 saturated heterocycles. The Bertz CT molecular complexity index is 119. The van der Waals surface area contributed by atoms with Gasteiger partial charge in [-0.25, -0.2) is 9.79 Å². The highest BCUT2D eigenvalue weighted by molar-refractivity contribution is 6.25. The van der Waals surface area contributed by atoms with Gasteiger partial charge in [0, 0.05) is 0 Å². The van der Waals surface area contributed by atoms with Crippen LogP contribution in [0.5, 0.6) is 0 Å². The summed E-state index contributed by atoms with van der Waals surface area (Å²) in [6, 6.07) is 0. The van der Waals surface area contributed by atoms with Gasteiger partial charge in [0.25, 0.3) is 0 Å². The Balaban J connectivity index is 0. The highest BCUT2D eigenvalue weighted by atomic mass is 35.5. The highest BCUT2D eigenvalue weighted by Gasteiger charge is 1.79. The van der Waals surface area contributed by atoms with Crippen LogP contribution in [-0.2, 0) is 4.79 Å². The molecule has 0 aliphatic carbocycles. The standard InChI is InChI=1S/C6H11NO.C2H3Cl/c1-2-3-4-5-7-6-8;1-2-3/h2-5H2,1H3;2H,1H2. The molecule has 0 aliphatic rings. The van der Waals surface area contributed by atoms with Gasteiger partial charge in [0.15, 0.2) is 0 Å². The zero-order valence-electron chi connectivity index (χ0n) is 6.85. The number of nitrogens with zero attached hydrogens (tertiary/aromatic N) is 1. The fraction of sp³-hybridized carbons (Fsp3) is 0.625. The molecule has 0 bridgehead atoms. The van der Waals surface area contributed by atoms with Crippen molar-refractivity contribution >= 4 is 17.7 Å². The summed E-state index contributed by atoms with van der Waals surface area (Å²) in [5.74, 6) is 0. The maximum Gasteiger partial charge on any atom is 0.234 e. The van der Waals surface area contributed by atoms with Crippen LogP contribution in [0, 0.1) is 0 Å². The molecular weight excluding hydrogens is 162 g/mol. The van der Waals surface area contributed by atoms with E-state index in [0.29, 0.717) is 6.54 Å². The molecule has 0 N–H and O–H groups in total. The molecule has 0 aromatic heterocycles. The first-order valence-electron chi connectivity index (χ1n) is 3.58. The first-order chi connectivity index (χ1) is 5.33. The lowest BCUT2D eigenvalue weighted by atomic mass is 10.3. The fourth-order valence-electron chi connectivity index (χ4n) is 0.487. The van der Waals surface area contributed by atoms with Gasteiger partial charge in [-0.05, 0) is 12.0 Å². The number of hydrogen-bond acceptors (Lipinski definition) is 2. The SMILES string of the molecule is C=CCl.CCCCCN=C=O. The van der Waals surface area contributed by atoms with E-state index in [1.165, 1.54) is 18.0 Å². The summed E-state index contributed by atoms with van der Waals surface area (Å²) >= 11 is 4.76. The van der Waals surface area contributed by atoms with Crippen LogP contribution in [0.3, 0.4) is 0 Å². The van der Waals surface area contributed by atoms with Crippen molar-refractivity contribution < 1.29 is 4.79 Å². The average molecular weight is 176 g/mol. The van der Waals surface area contributed by atoms with Crippen LogP contribution >= 0.6 is 11.6 Å². The third-order valence-corrected chi connectivity index (χ3v) is 0.938. The first-order valence-corrected chi connectivity index (χ1v) is 4.01. The predicted octanol–water partition coefficient (Wildman–Crippen LogP) is 2.88. The Labute approximate surface area is 73.0 Å². The molecule has 0 heterocycles. The number of unbranched alkanes of at least 4 members (excludes halogenated alkanes) is 2. The molecule has 0 unspecified atom stereocenters. The van der Waals surface area contributed by atoms with Gasteiger partial charge in [0.05, 0.1) is 6.54 Å². The zero-order chi connectivity index (χ0) is 8.95. The lowest BCUT2D eigenvalue weighted by molar-refractivity contribution is 0.561. The smallest absolute Gasteiger partial charge is 0.211 e. The van der Waals surface area contributed by atoms with Crippen molar-refractivity contribution in [3.8, 4) is 0 Å². The Hall–Kier alpha value is -0.590. The molecule has 2 nitrogen and oxygen atoms in total. The minimum Gasteiger partial charge on any atom is -0.211 e. The van der Waals surface area contributed by atoms with E-state index < -0.39 is 0 Å². The van der Waals surface area contributed by atoms with E-state index in [1.54, 1.807) is 0 Å². The van der Waals surface area contributed by atoms with E-state index in [9.17, 15) is 4.79 Å². The molecule has 0 atom stereocenters. The minimum absolute atomic E-state index is 0.650. The van der Waals surface area contributed by atoms with Crippen LogP contribution in [-0.4, -0.2) is 12.6 Å². The van der Waals surface area contributed by atoms with Gasteiger partial charge in [-0.2, -0.15) is 0 Å². The third kappa shape index (κ3) is 26.6. The molecule has 0 amide bonds. The number of halogens is 1. The van der Waals surface area contributed by atoms with E-state index >= 15 is 0 Å². The second-order valence-electron chi connectivity index (χ2n) is 1.83. The summed E-state index contributed by atoms with van der Waals surface area (Å²) in [5.41, 5.74) is 1.22. The maximum absolute atomic E-state index is 9.48. The van der Waals surface area contributed by atoms with Gasteiger partial charge in [0.2, 0.25) is 6.08 Å². The molecule has 11 heavy (non-hydrogen) atoms. The van der Waals surface area contributed by atoms with Crippen molar-refractivity contribution in [2.45, 2.75) is 26.2 Å². The molecule has 0 saturated carbocycles. The first kappa shape index (κ1) is 13.0. The molecular formula is C8H14ClNO. The van der Waals surface area contributed by atoms with Crippen LogP contribution in [0.25, 0.3) is 0 Å². The van der Waals surface area contributed by atoms with Gasteiger partial charge < -0.3 is 0 Å². The molecule has 0 aliphatic heterocycles. The minimum atomic E-state index is 0.650. The normalized spacial score (nSPS) is 7.09. The van der Waals surface area contributed by atoms with E-state index in [0.717, 1.165) is 12.8 Å². The van der Waals surface area contributed by atoms with Crippen molar-refractivity contribution in [2.24, 2.45) is 4.99 Å². The van der Waals surface area contributed by atoms with Crippen LogP contribution in [0.4, 0.5) is 0 Å². The average Bonchev–Trinajstić information content (AvgIpc) is 2.00. The monoisotopic (exact) mass is 175 g/mol. The lowest BCUT2D eigenvalue weighted by Gasteiger charge is -1.86. The summed E-state index contributed by atoms with van der Waals surface area (Å²) in [5, 5.41) is 0. The largest absolute Gasteiger partial charge is 0.234 e. The molecule has 3 heteroatoms. The summed E-state index contributed by atoms with van der Waals surface area (Å²) < 4.78 is 0. The molecule has 0 rings (SSSR count). The predicted molar refractivity (Wildman–Crippen MR) is 48.6 cm³/mol. The van der Waals surface area contributed by atoms with Crippen LogP contribution in [0.1, 0.15) is 26.2 Å². The molecule has 0 radical (unpaired) electrons. The van der Waals surface area contributed by atoms with Gasteiger partial charge in [-0.15, -0.1) is 0 Å². The number of rotatable bonds is 4. The van der Waals surface area contributed by atoms with Crippen molar-refractivity contribution in [2.75, 3.05) is 6.54 Å². The fourth-order valence-corrected chi connectivity index (χ4v) is 0.487. The summed E-state index contributed by atoms with van der Waals surface area (Å²) in [6.45, 7) is 5.89. The van der Waals surface area contributed by atoms with Crippen LogP contribution in [0.15, 0.2) is 17.1 Å². The van der Waals surface area contributed by atoms with Gasteiger partial charge in [0.1, 0.15) is 0 Å². The van der Waals surface area contributed by atoms with Crippen LogP contribution < -0.4 is 0 Å². The number of hydrogen-bond donors (Lipinski definition) is 0. The summed E-state index contributed by atoms with van der Waals surface area (Å²) in [7, 11) is 0. The Morgan fingerprint density at radius 2 is 2.18 bits per heavy atom. The van der Waals surface area contributed by atoms with E-state index in [2.05, 4.69) is 18.5 Å². The Morgan fingerprint density at radius 1 is 1.64 bits per heavy atom. The quantitative estimate of drug-likeness (QED) is 0.367. The van der Waals surface area contributed by atoms with Crippen molar-refractivity contribution in [1.82, 2.24) is 0 Å². The molecule has 0 fully saturated rings. The number of isocyanates is 1. The second-order valence-corrected chi connectivity index (χ2v) is 2.14. The van der Waals surface area contributed by atoms with Crippen LogP contribution in [0.2, 0.25) is 0 Å². The molecule has 0 spiro atoms. The topological polar surface area (TPSA) is 29.4 Å².